The molecule has 1 aromatic carbocycles. The molecule has 5 heteroatoms. The SMILES string of the molecule is CCCNC(=NC)NCc1ccc(C)cc1OCC1CCOC1. The van der Waals surface area contributed by atoms with Crippen molar-refractivity contribution in [1.82, 2.24) is 10.6 Å². The molecule has 0 aliphatic carbocycles. The summed E-state index contributed by atoms with van der Waals surface area (Å²) in [6.07, 6.45) is 2.16. The molecule has 1 aliphatic rings. The van der Waals surface area contributed by atoms with Gasteiger partial charge in [-0.05, 0) is 31.4 Å². The number of aliphatic imine (C=N–C) groups is 1. The molecule has 0 bridgehead atoms. The molecule has 1 unspecified atom stereocenters. The number of aryl methyl sites for hydroxylation is 1. The first-order valence-electron chi connectivity index (χ1n) is 8.47. The van der Waals surface area contributed by atoms with Crippen molar-refractivity contribution >= 4 is 5.96 Å². The Morgan fingerprint density at radius 1 is 1.39 bits per heavy atom. The van der Waals surface area contributed by atoms with Gasteiger partial charge in [-0.3, -0.25) is 4.99 Å². The smallest absolute Gasteiger partial charge is 0.191 e. The van der Waals surface area contributed by atoms with E-state index in [4.69, 9.17) is 9.47 Å². The van der Waals surface area contributed by atoms with Crippen molar-refractivity contribution in [2.45, 2.75) is 33.2 Å². The summed E-state index contributed by atoms with van der Waals surface area (Å²) in [4.78, 5) is 4.23. The highest BCUT2D eigenvalue weighted by Crippen LogP contribution is 2.22. The minimum absolute atomic E-state index is 0.510. The molecular formula is C18H29N3O2. The van der Waals surface area contributed by atoms with Gasteiger partial charge >= 0.3 is 0 Å². The molecule has 1 atom stereocenters. The second kappa shape index (κ2) is 9.40. The number of ether oxygens (including phenoxy) is 2. The number of nitrogens with zero attached hydrogens (tertiary/aromatic N) is 1. The maximum Gasteiger partial charge on any atom is 0.191 e. The van der Waals surface area contributed by atoms with E-state index in [1.807, 2.05) is 0 Å². The van der Waals surface area contributed by atoms with E-state index in [2.05, 4.69) is 47.7 Å². The van der Waals surface area contributed by atoms with Crippen LogP contribution in [0.2, 0.25) is 0 Å². The molecular weight excluding hydrogens is 290 g/mol. The second-order valence-corrected chi connectivity index (χ2v) is 6.00. The summed E-state index contributed by atoms with van der Waals surface area (Å²) in [7, 11) is 1.79. The van der Waals surface area contributed by atoms with E-state index in [1.54, 1.807) is 7.05 Å². The van der Waals surface area contributed by atoms with Crippen LogP contribution in [0.3, 0.4) is 0 Å². The third-order valence-corrected chi connectivity index (χ3v) is 3.93. The van der Waals surface area contributed by atoms with Gasteiger partial charge < -0.3 is 20.1 Å². The van der Waals surface area contributed by atoms with Crippen LogP contribution in [0, 0.1) is 12.8 Å². The molecule has 1 aromatic rings. The monoisotopic (exact) mass is 319 g/mol. The third-order valence-electron chi connectivity index (χ3n) is 3.93. The van der Waals surface area contributed by atoms with Gasteiger partial charge in [0.25, 0.3) is 0 Å². The fraction of sp³-hybridized carbons (Fsp3) is 0.611. The molecule has 0 amide bonds. The van der Waals surface area contributed by atoms with E-state index in [0.29, 0.717) is 12.5 Å². The summed E-state index contributed by atoms with van der Waals surface area (Å²) in [5, 5.41) is 6.62. The first kappa shape index (κ1) is 17.6. The first-order chi connectivity index (χ1) is 11.2. The molecule has 2 rings (SSSR count). The van der Waals surface area contributed by atoms with Crippen LogP contribution in [0.1, 0.15) is 30.9 Å². The summed E-state index contributed by atoms with van der Waals surface area (Å²) in [5.74, 6) is 2.29. The lowest BCUT2D eigenvalue weighted by atomic mass is 10.1. The van der Waals surface area contributed by atoms with Crippen molar-refractivity contribution in [3.63, 3.8) is 0 Å². The predicted molar refractivity (Wildman–Crippen MR) is 94.1 cm³/mol. The number of guanidine groups is 1. The highest BCUT2D eigenvalue weighted by Gasteiger charge is 2.17. The molecule has 1 heterocycles. The lowest BCUT2D eigenvalue weighted by Gasteiger charge is -2.16. The van der Waals surface area contributed by atoms with Gasteiger partial charge in [-0.15, -0.1) is 0 Å². The van der Waals surface area contributed by atoms with Crippen LogP contribution in [0.4, 0.5) is 0 Å². The lowest BCUT2D eigenvalue weighted by Crippen LogP contribution is -2.37. The van der Waals surface area contributed by atoms with E-state index in [0.717, 1.165) is 56.5 Å². The van der Waals surface area contributed by atoms with Crippen LogP contribution in [-0.2, 0) is 11.3 Å². The maximum absolute atomic E-state index is 6.07. The lowest BCUT2D eigenvalue weighted by molar-refractivity contribution is 0.166. The van der Waals surface area contributed by atoms with E-state index in [-0.39, 0.29) is 0 Å². The Balaban J connectivity index is 1.94. The number of hydrogen-bond donors (Lipinski definition) is 2. The zero-order valence-corrected chi connectivity index (χ0v) is 14.5. The van der Waals surface area contributed by atoms with E-state index in [1.165, 1.54) is 5.56 Å². The topological polar surface area (TPSA) is 54.9 Å². The van der Waals surface area contributed by atoms with Crippen molar-refractivity contribution in [2.24, 2.45) is 10.9 Å². The summed E-state index contributed by atoms with van der Waals surface area (Å²) >= 11 is 0. The highest BCUT2D eigenvalue weighted by molar-refractivity contribution is 5.79. The third kappa shape index (κ3) is 5.75. The molecule has 1 fully saturated rings. The normalized spacial score (nSPS) is 18.0. The molecule has 0 saturated carbocycles. The standard InChI is InChI=1S/C18H29N3O2/c1-4-8-20-18(19-3)21-11-16-6-5-14(2)10-17(16)23-13-15-7-9-22-12-15/h5-6,10,15H,4,7-9,11-13H2,1-3H3,(H2,19,20,21). The summed E-state index contributed by atoms with van der Waals surface area (Å²) in [6, 6.07) is 6.34. The molecule has 1 saturated heterocycles. The van der Waals surface area contributed by atoms with Gasteiger partial charge in [0, 0.05) is 38.2 Å². The zero-order chi connectivity index (χ0) is 16.5. The Labute approximate surface area is 139 Å². The van der Waals surface area contributed by atoms with Crippen LogP contribution >= 0.6 is 0 Å². The van der Waals surface area contributed by atoms with Crippen molar-refractivity contribution in [3.05, 3.63) is 29.3 Å². The van der Waals surface area contributed by atoms with Crippen molar-refractivity contribution < 1.29 is 9.47 Å². The minimum Gasteiger partial charge on any atom is -0.493 e. The first-order valence-corrected chi connectivity index (χ1v) is 8.47. The van der Waals surface area contributed by atoms with Crippen molar-refractivity contribution in [3.8, 4) is 5.75 Å². The molecule has 128 valence electrons. The molecule has 1 aliphatic heterocycles. The van der Waals surface area contributed by atoms with Gasteiger partial charge in [0.05, 0.1) is 13.2 Å². The number of rotatable bonds is 7. The number of benzene rings is 1. The van der Waals surface area contributed by atoms with Gasteiger partial charge in [-0.25, -0.2) is 0 Å². The summed E-state index contributed by atoms with van der Waals surface area (Å²) in [5.41, 5.74) is 2.36. The van der Waals surface area contributed by atoms with Crippen LogP contribution in [-0.4, -0.2) is 39.4 Å². The Kier molecular flexibility index (Phi) is 7.20. The Bertz CT molecular complexity index is 511. The predicted octanol–water partition coefficient (Wildman–Crippen LogP) is 2.49. The van der Waals surface area contributed by atoms with E-state index < -0.39 is 0 Å². The largest absolute Gasteiger partial charge is 0.493 e. The Morgan fingerprint density at radius 2 is 2.26 bits per heavy atom. The Morgan fingerprint density at radius 3 is 2.96 bits per heavy atom. The zero-order valence-electron chi connectivity index (χ0n) is 14.5. The van der Waals surface area contributed by atoms with Gasteiger partial charge in [0.15, 0.2) is 5.96 Å². The van der Waals surface area contributed by atoms with Crippen LogP contribution < -0.4 is 15.4 Å². The maximum atomic E-state index is 6.07. The van der Waals surface area contributed by atoms with Crippen molar-refractivity contribution in [1.29, 1.82) is 0 Å². The number of nitrogens with one attached hydrogen (secondary N) is 2. The molecule has 0 spiro atoms. The molecule has 2 N–H and O–H groups in total. The quantitative estimate of drug-likeness (QED) is 0.599. The highest BCUT2D eigenvalue weighted by atomic mass is 16.5. The average Bonchev–Trinajstić information content (AvgIpc) is 3.08. The molecule has 0 radical (unpaired) electrons. The second-order valence-electron chi connectivity index (χ2n) is 6.00. The van der Waals surface area contributed by atoms with Crippen LogP contribution in [0.15, 0.2) is 23.2 Å². The molecule has 0 aromatic heterocycles. The average molecular weight is 319 g/mol. The fourth-order valence-electron chi connectivity index (χ4n) is 2.51. The van der Waals surface area contributed by atoms with Gasteiger partial charge in [-0.1, -0.05) is 19.1 Å². The van der Waals surface area contributed by atoms with Crippen LogP contribution in [0.25, 0.3) is 0 Å². The Hall–Kier alpha value is -1.75. The van der Waals surface area contributed by atoms with E-state index in [9.17, 15) is 0 Å². The van der Waals surface area contributed by atoms with E-state index >= 15 is 0 Å². The van der Waals surface area contributed by atoms with Gasteiger partial charge in [0.2, 0.25) is 0 Å². The molecule has 5 nitrogen and oxygen atoms in total. The minimum atomic E-state index is 0.510. The molecule has 23 heavy (non-hydrogen) atoms. The van der Waals surface area contributed by atoms with Gasteiger partial charge in [0.1, 0.15) is 5.75 Å². The van der Waals surface area contributed by atoms with Gasteiger partial charge in [-0.2, -0.15) is 0 Å². The number of hydrogen-bond acceptors (Lipinski definition) is 3. The van der Waals surface area contributed by atoms with Crippen molar-refractivity contribution in [2.75, 3.05) is 33.4 Å². The fourth-order valence-corrected chi connectivity index (χ4v) is 2.51. The summed E-state index contributed by atoms with van der Waals surface area (Å²) < 4.78 is 11.5. The summed E-state index contributed by atoms with van der Waals surface area (Å²) in [6.45, 7) is 8.23. The van der Waals surface area contributed by atoms with Crippen LogP contribution in [0.5, 0.6) is 5.75 Å².